The predicted molar refractivity (Wildman–Crippen MR) is 142 cm³/mol. The van der Waals surface area contributed by atoms with Crippen molar-refractivity contribution in [2.24, 2.45) is 11.8 Å². The van der Waals surface area contributed by atoms with Crippen LogP contribution in [-0.4, -0.2) is 68.9 Å². The summed E-state index contributed by atoms with van der Waals surface area (Å²) < 4.78 is 42.8. The fraction of sp³-hybridized carbons (Fsp3) is 0.400. The molecule has 17 heteroatoms. The summed E-state index contributed by atoms with van der Waals surface area (Å²) in [4.78, 5) is 51.6. The molecule has 0 spiro atoms. The van der Waals surface area contributed by atoms with Gasteiger partial charge in [-0.1, -0.05) is 23.2 Å². The molecule has 2 aromatic rings. The largest absolute Gasteiger partial charge is 0.490 e. The van der Waals surface area contributed by atoms with E-state index >= 15 is 0 Å². The number of nitrogens with zero attached hydrogens (tertiary/aromatic N) is 2. The Kier molecular flexibility index (Phi) is 11.8. The Labute approximate surface area is 247 Å². The zero-order chi connectivity index (χ0) is 31.8. The van der Waals surface area contributed by atoms with Gasteiger partial charge in [0.15, 0.2) is 0 Å². The number of aliphatic carboxylic acids is 1. The fourth-order valence-electron chi connectivity index (χ4n) is 3.53. The van der Waals surface area contributed by atoms with Crippen LogP contribution < -0.4 is 15.5 Å². The number of likely N-dealkylation sites (tertiary alicyclic amines) is 1. The van der Waals surface area contributed by atoms with Crippen molar-refractivity contribution in [3.63, 3.8) is 0 Å². The third-order valence-electron chi connectivity index (χ3n) is 5.35. The van der Waals surface area contributed by atoms with Crippen molar-refractivity contribution in [3.05, 3.63) is 52.3 Å². The molecule has 0 saturated carbocycles. The highest BCUT2D eigenvalue weighted by Gasteiger charge is 2.44. The summed E-state index contributed by atoms with van der Waals surface area (Å²) in [5.41, 5.74) is 2.06. The first-order chi connectivity index (χ1) is 19.4. The molecule has 1 saturated heterocycles. The highest BCUT2D eigenvalue weighted by Crippen LogP contribution is 2.28. The van der Waals surface area contributed by atoms with Crippen LogP contribution in [0.25, 0.3) is 0 Å². The lowest BCUT2D eigenvalue weighted by atomic mass is 9.94. The average molecular weight is 639 g/mol. The smallest absolute Gasteiger partial charge is 0.489 e. The van der Waals surface area contributed by atoms with E-state index in [0.29, 0.717) is 11.4 Å². The summed E-state index contributed by atoms with van der Waals surface area (Å²) in [5.74, 6) is -5.26. The van der Waals surface area contributed by atoms with Gasteiger partial charge in [0.25, 0.3) is 0 Å². The topological polar surface area (TPSA) is 167 Å². The molecular formula is C25H27Cl2F3N4O8. The zero-order valence-corrected chi connectivity index (χ0v) is 23.9. The Morgan fingerprint density at radius 1 is 1.00 bits per heavy atom. The number of carboxylic acids is 1. The summed E-state index contributed by atoms with van der Waals surface area (Å²) in [7, 11) is 0. The lowest BCUT2D eigenvalue weighted by molar-refractivity contribution is -0.192. The Bertz CT molecular complexity index is 1270. The van der Waals surface area contributed by atoms with Crippen LogP contribution in [0, 0.1) is 11.8 Å². The Morgan fingerprint density at radius 3 is 1.95 bits per heavy atom. The monoisotopic (exact) mass is 638 g/mol. The number of benzene rings is 1. The number of nitrogens with one attached hydrogen (secondary N) is 2. The number of anilines is 1. The van der Waals surface area contributed by atoms with Gasteiger partial charge >= 0.3 is 18.2 Å². The summed E-state index contributed by atoms with van der Waals surface area (Å²) in [6, 6.07) is 9.90. The van der Waals surface area contributed by atoms with Crippen LogP contribution in [0.4, 0.5) is 23.7 Å². The van der Waals surface area contributed by atoms with Crippen molar-refractivity contribution in [2.45, 2.75) is 39.2 Å². The van der Waals surface area contributed by atoms with E-state index in [4.69, 9.17) is 47.8 Å². The molecule has 230 valence electrons. The van der Waals surface area contributed by atoms with E-state index in [0.717, 1.165) is 5.56 Å². The van der Waals surface area contributed by atoms with Crippen LogP contribution in [0.5, 0.6) is 5.75 Å². The molecule has 12 nitrogen and oxygen atoms in total. The van der Waals surface area contributed by atoms with E-state index in [-0.39, 0.29) is 30.0 Å². The Balaban J connectivity index is 0.000000782. The molecule has 2 heterocycles. The number of pyridine rings is 1. The van der Waals surface area contributed by atoms with Crippen LogP contribution >= 0.6 is 23.2 Å². The first-order valence-corrected chi connectivity index (χ1v) is 12.7. The number of hydroxylamine groups is 1. The molecule has 0 unspecified atom stereocenters. The molecule has 0 radical (unpaired) electrons. The number of carbonyl (C=O) groups is 4. The number of halogens is 5. The minimum Gasteiger partial charge on any atom is -0.489 e. The molecule has 1 aromatic heterocycles. The quantitative estimate of drug-likeness (QED) is 0.202. The molecule has 3 rings (SSSR count). The molecule has 2 atom stereocenters. The number of aromatic nitrogens is 1. The van der Waals surface area contributed by atoms with Gasteiger partial charge in [-0.05, 0) is 62.7 Å². The van der Waals surface area contributed by atoms with E-state index < -0.39 is 47.5 Å². The van der Waals surface area contributed by atoms with Crippen molar-refractivity contribution < 1.29 is 52.1 Å². The van der Waals surface area contributed by atoms with E-state index in [1.54, 1.807) is 62.6 Å². The average Bonchev–Trinajstić information content (AvgIpc) is 3.32. The van der Waals surface area contributed by atoms with Crippen molar-refractivity contribution in [1.82, 2.24) is 15.4 Å². The zero-order valence-electron chi connectivity index (χ0n) is 22.4. The fourth-order valence-corrected chi connectivity index (χ4v) is 4.03. The second kappa shape index (κ2) is 14.4. The number of alkyl halides is 3. The number of amides is 3. The minimum absolute atomic E-state index is 0.0307. The highest BCUT2D eigenvalue weighted by atomic mass is 35.5. The normalized spacial score (nSPS) is 16.5. The van der Waals surface area contributed by atoms with Gasteiger partial charge < -0.3 is 24.8 Å². The number of ether oxygens (including phenoxy) is 2. The maximum atomic E-state index is 12.9. The van der Waals surface area contributed by atoms with Gasteiger partial charge in [0.1, 0.15) is 28.3 Å². The first kappa shape index (κ1) is 34.4. The van der Waals surface area contributed by atoms with Gasteiger partial charge in [0, 0.05) is 18.8 Å². The summed E-state index contributed by atoms with van der Waals surface area (Å²) in [6.07, 6.45) is -5.72. The van der Waals surface area contributed by atoms with E-state index in [9.17, 15) is 27.6 Å². The molecule has 1 aliphatic rings. The van der Waals surface area contributed by atoms with E-state index in [1.807, 2.05) is 0 Å². The van der Waals surface area contributed by atoms with Crippen LogP contribution in [0.1, 0.15) is 26.3 Å². The number of carboxylic acid groups (broad SMARTS) is 1. The molecule has 0 bridgehead atoms. The lowest BCUT2D eigenvalue weighted by Gasteiger charge is -2.24. The van der Waals surface area contributed by atoms with Crippen molar-refractivity contribution >= 4 is 52.8 Å². The Morgan fingerprint density at radius 2 is 1.50 bits per heavy atom. The molecule has 42 heavy (non-hydrogen) atoms. The first-order valence-electron chi connectivity index (χ1n) is 12.0. The van der Waals surface area contributed by atoms with Gasteiger partial charge in [-0.25, -0.2) is 20.1 Å². The van der Waals surface area contributed by atoms with Crippen molar-refractivity contribution in [1.29, 1.82) is 0 Å². The van der Waals surface area contributed by atoms with E-state index in [2.05, 4.69) is 10.3 Å². The Hall–Kier alpha value is -3.82. The molecular weight excluding hydrogens is 612 g/mol. The predicted octanol–water partition coefficient (Wildman–Crippen LogP) is 4.53. The molecule has 1 aromatic carbocycles. The second-order valence-corrected chi connectivity index (χ2v) is 10.6. The van der Waals surface area contributed by atoms with Gasteiger partial charge in [0.05, 0.1) is 11.8 Å². The third-order valence-corrected chi connectivity index (χ3v) is 5.74. The summed E-state index contributed by atoms with van der Waals surface area (Å²) in [5, 5.41) is 19.5. The highest BCUT2D eigenvalue weighted by molar-refractivity contribution is 6.32. The minimum atomic E-state index is -5.08. The number of hydrogen-bond donors (Lipinski definition) is 4. The van der Waals surface area contributed by atoms with Crippen LogP contribution in [0.2, 0.25) is 10.3 Å². The number of carbonyl (C=O) groups excluding carboxylic acids is 3. The molecule has 1 aliphatic heterocycles. The van der Waals surface area contributed by atoms with Crippen molar-refractivity contribution in [3.8, 4) is 5.75 Å². The van der Waals surface area contributed by atoms with Gasteiger partial charge in [-0.15, -0.1) is 0 Å². The van der Waals surface area contributed by atoms with Crippen molar-refractivity contribution in [2.75, 3.05) is 18.4 Å². The number of hydrogen-bond acceptors (Lipinski definition) is 8. The van der Waals surface area contributed by atoms with E-state index in [1.165, 1.54) is 4.90 Å². The summed E-state index contributed by atoms with van der Waals surface area (Å²) >= 11 is 11.8. The number of rotatable bonds is 6. The molecule has 3 amide bonds. The van der Waals surface area contributed by atoms with Crippen LogP contribution in [0.15, 0.2) is 36.4 Å². The van der Waals surface area contributed by atoms with Gasteiger partial charge in [-0.2, -0.15) is 13.2 Å². The molecule has 1 fully saturated rings. The maximum Gasteiger partial charge on any atom is 0.490 e. The van der Waals surface area contributed by atoms with Gasteiger partial charge in [0.2, 0.25) is 11.8 Å². The third kappa shape index (κ3) is 10.9. The second-order valence-electron chi connectivity index (χ2n) is 9.80. The standard InChI is InChI=1S/C23H26Cl2N4O6.C2HF3O2/c1-23(2,3)35-22(32)29-10-16(17(11-29)21(31)28-33)20(30)26-14-4-6-15(7-5-14)34-12-13-8-18(24)27-19(25)9-13;3-2(4,5)1(6)7/h4-9,16-17,33H,10-12H2,1-3H3,(H,26,30)(H,28,31);(H,6,7)/t16-,17-;/m0./s1. The molecule has 0 aliphatic carbocycles. The summed E-state index contributed by atoms with van der Waals surface area (Å²) in [6.45, 7) is 5.29. The van der Waals surface area contributed by atoms with Crippen LogP contribution in [-0.2, 0) is 25.7 Å². The molecule has 4 N–H and O–H groups in total. The lowest BCUT2D eigenvalue weighted by Crippen LogP contribution is -2.38. The van der Waals surface area contributed by atoms with Gasteiger partial charge in [-0.3, -0.25) is 14.8 Å². The SMILES string of the molecule is CC(C)(C)OC(=O)N1C[C@H](C(=O)NO)[C@@H](C(=O)Nc2ccc(OCc3cc(Cl)nc(Cl)c3)cc2)C1.O=C(O)C(F)(F)F. The maximum absolute atomic E-state index is 12.9. The van der Waals surface area contributed by atoms with Crippen LogP contribution in [0.3, 0.4) is 0 Å².